The zero-order chi connectivity index (χ0) is 31.5. The summed E-state index contributed by atoms with van der Waals surface area (Å²) in [7, 11) is -19.7. The van der Waals surface area contributed by atoms with E-state index in [1.165, 1.54) is 25.3 Å². The molecule has 0 amide bonds. The van der Waals surface area contributed by atoms with E-state index in [9.17, 15) is 43.7 Å². The molecule has 3 heterocycles. The van der Waals surface area contributed by atoms with Gasteiger partial charge in [-0.25, -0.2) is 9.67 Å². The number of hydrogen-bond donors (Lipinski definition) is 6. The quantitative estimate of drug-likeness (QED) is 0.0962. The van der Waals surface area contributed by atoms with Gasteiger partial charge in [0, 0.05) is 6.04 Å². The number of aliphatic hydroxyl groups is 2. The molecule has 236 valence electrons. The molecular formula is C20H24ClF5N4O9P2S. The largest absolute Gasteiger partial charge is 0.387 e. The molecule has 1 saturated heterocycles. The molecule has 6 N–H and O–H groups in total. The average Bonchev–Trinajstić information content (AvgIpc) is 3.35. The fourth-order valence-electron chi connectivity index (χ4n) is 4.17. The summed E-state index contributed by atoms with van der Waals surface area (Å²) in [6, 6.07) is 3.00. The van der Waals surface area contributed by atoms with Crippen molar-refractivity contribution in [2.24, 2.45) is 0 Å². The zero-order valence-corrected chi connectivity index (χ0v) is 24.4. The van der Waals surface area contributed by atoms with E-state index in [0.717, 1.165) is 10.7 Å². The zero-order valence-electron chi connectivity index (χ0n) is 21.0. The first-order valence-corrected chi connectivity index (χ1v) is 17.5. The van der Waals surface area contributed by atoms with E-state index in [4.69, 9.17) is 26.1 Å². The van der Waals surface area contributed by atoms with Crippen molar-refractivity contribution in [3.63, 3.8) is 0 Å². The topological polar surface area (TPSA) is 196 Å². The predicted molar refractivity (Wildman–Crippen MR) is 141 cm³/mol. The Kier molecular flexibility index (Phi) is 8.13. The Morgan fingerprint density at radius 2 is 1.81 bits per heavy atom. The smallest absolute Gasteiger partial charge is 0.340 e. The molecular weight excluding hydrogens is 665 g/mol. The van der Waals surface area contributed by atoms with Crippen LogP contribution in [-0.4, -0.2) is 70.5 Å². The van der Waals surface area contributed by atoms with Crippen molar-refractivity contribution >= 4 is 53.7 Å². The summed E-state index contributed by atoms with van der Waals surface area (Å²) in [4.78, 5) is 29.5. The number of hydrogen-bond acceptors (Lipinski definition) is 9. The summed E-state index contributed by atoms with van der Waals surface area (Å²) >= 11 is 6.13. The molecule has 3 aromatic rings. The van der Waals surface area contributed by atoms with E-state index in [2.05, 4.69) is 19.9 Å². The molecule has 5 unspecified atom stereocenters. The van der Waals surface area contributed by atoms with Gasteiger partial charge in [0.15, 0.2) is 17.8 Å². The molecule has 1 aliphatic rings. The van der Waals surface area contributed by atoms with Gasteiger partial charge in [-0.1, -0.05) is 43.2 Å². The molecule has 42 heavy (non-hydrogen) atoms. The fraction of sp³-hybridized carbons (Fsp3) is 0.400. The molecule has 0 aliphatic carbocycles. The third-order valence-electron chi connectivity index (χ3n) is 6.09. The van der Waals surface area contributed by atoms with Crippen LogP contribution in [0, 0.1) is 0 Å². The Morgan fingerprint density at radius 3 is 2.43 bits per heavy atom. The van der Waals surface area contributed by atoms with Gasteiger partial charge in [-0.2, -0.15) is 5.10 Å². The third-order valence-corrected chi connectivity index (χ3v) is 10.9. The Labute approximate surface area is 238 Å². The molecule has 22 heteroatoms. The van der Waals surface area contributed by atoms with Gasteiger partial charge in [-0.05, 0) is 30.7 Å². The molecule has 0 saturated carbocycles. The first-order chi connectivity index (χ1) is 18.9. The van der Waals surface area contributed by atoms with Crippen molar-refractivity contribution in [1.82, 2.24) is 14.8 Å². The van der Waals surface area contributed by atoms with Gasteiger partial charge in [-0.15, -0.1) is 0 Å². The fourth-order valence-corrected chi connectivity index (χ4v) is 7.62. The molecule has 1 aromatic carbocycles. The number of anilines is 1. The number of rotatable bonds is 10. The Morgan fingerprint density at radius 1 is 1.14 bits per heavy atom. The number of halogens is 6. The lowest BCUT2D eigenvalue weighted by Crippen LogP contribution is -2.33. The standard InChI is InChI=1S/C20H24ClF5N4O9P2S/c1-10(11-3-2-4-12(5-11)42(22,23,24,25)26)28-14-6-16(21)29-19-13(14)7-27-30(19)20-18(32)17(31)15(39-20)8-38-41(36,37)9-40(33,34)35/h2-7,10,15,17-18,20,31-32H,8-9H2,1H3,(H,28,29)(H,36,37)(H2,33,34,35)/t10-,15?,17?,18?,20?/m1/s1. The maximum atomic E-state index is 13.3. The van der Waals surface area contributed by atoms with Crippen LogP contribution < -0.4 is 5.32 Å². The van der Waals surface area contributed by atoms with E-state index >= 15 is 0 Å². The average molecular weight is 689 g/mol. The highest BCUT2D eigenvalue weighted by Crippen LogP contribution is 3.02. The van der Waals surface area contributed by atoms with Gasteiger partial charge in [0.1, 0.15) is 28.4 Å². The first-order valence-electron chi connectivity index (χ1n) is 11.6. The highest BCUT2D eigenvalue weighted by molar-refractivity contribution is 8.45. The minimum absolute atomic E-state index is 0.0508. The van der Waals surface area contributed by atoms with E-state index in [1.54, 1.807) is 0 Å². The van der Waals surface area contributed by atoms with Crippen LogP contribution in [0.5, 0.6) is 0 Å². The minimum atomic E-state index is -9.93. The summed E-state index contributed by atoms with van der Waals surface area (Å²) in [5.41, 5.74) is -0.0205. The molecule has 6 atom stereocenters. The van der Waals surface area contributed by atoms with Crippen LogP contribution in [0.2, 0.25) is 5.15 Å². The molecule has 13 nitrogen and oxygen atoms in total. The van der Waals surface area contributed by atoms with E-state index in [1.807, 2.05) is 0 Å². The number of nitrogens with zero attached hydrogens (tertiary/aromatic N) is 3. The molecule has 2 aromatic heterocycles. The number of ether oxygens (including phenoxy) is 1. The van der Waals surface area contributed by atoms with Gasteiger partial charge in [-0.3, -0.25) is 9.13 Å². The van der Waals surface area contributed by atoms with Crippen LogP contribution in [0.1, 0.15) is 24.8 Å². The van der Waals surface area contributed by atoms with Crippen molar-refractivity contribution in [1.29, 1.82) is 0 Å². The second-order valence-corrected chi connectivity index (χ2v) is 16.3. The lowest BCUT2D eigenvalue weighted by molar-refractivity contribution is -0.0541. The molecule has 0 spiro atoms. The van der Waals surface area contributed by atoms with Crippen molar-refractivity contribution in [2.45, 2.75) is 42.4 Å². The third kappa shape index (κ3) is 7.60. The number of nitrogens with one attached hydrogen (secondary N) is 1. The van der Waals surface area contributed by atoms with Crippen LogP contribution >= 0.6 is 37.0 Å². The lowest BCUT2D eigenvalue weighted by Gasteiger charge is -2.40. The van der Waals surface area contributed by atoms with Gasteiger partial charge < -0.3 is 39.5 Å². The summed E-state index contributed by atoms with van der Waals surface area (Å²) in [5, 5.41) is 27.9. The van der Waals surface area contributed by atoms with Gasteiger partial charge >= 0.3 is 25.4 Å². The Bertz CT molecular complexity index is 1610. The number of aliphatic hydroxyl groups excluding tert-OH is 2. The second-order valence-electron chi connectivity index (χ2n) is 9.51. The van der Waals surface area contributed by atoms with Crippen molar-refractivity contribution in [2.75, 3.05) is 17.8 Å². The Balaban J connectivity index is 1.58. The first kappa shape index (κ1) is 33.0. The molecule has 1 fully saturated rings. The number of benzene rings is 1. The van der Waals surface area contributed by atoms with Gasteiger partial charge in [0.25, 0.3) is 0 Å². The Hall–Kier alpha value is -1.89. The SMILES string of the molecule is C[C@@H](Nc1cc(Cl)nc2c1cnn2C1OC(COP(=O)(O)CP(=O)(O)O)C(O)C1O)c1cccc(S(F)(F)(F)(F)F)c1. The van der Waals surface area contributed by atoms with Crippen LogP contribution in [0.25, 0.3) is 11.0 Å². The second kappa shape index (κ2) is 10.3. The molecule has 0 radical (unpaired) electrons. The summed E-state index contributed by atoms with van der Waals surface area (Å²) in [6.45, 7) is 0.560. The molecule has 1 aliphatic heterocycles. The summed E-state index contributed by atoms with van der Waals surface area (Å²) < 4.78 is 101. The molecule has 0 bridgehead atoms. The van der Waals surface area contributed by atoms with Gasteiger partial charge in [0.05, 0.1) is 23.9 Å². The lowest BCUT2D eigenvalue weighted by atomic mass is 10.1. The van der Waals surface area contributed by atoms with Crippen molar-refractivity contribution in [3.8, 4) is 0 Å². The van der Waals surface area contributed by atoms with Gasteiger partial charge in [0.2, 0.25) is 0 Å². The number of pyridine rings is 1. The van der Waals surface area contributed by atoms with Crippen LogP contribution in [0.15, 0.2) is 41.4 Å². The maximum Gasteiger partial charge on any atom is 0.340 e. The van der Waals surface area contributed by atoms with E-state index in [-0.39, 0.29) is 33.5 Å². The maximum absolute atomic E-state index is 13.3. The van der Waals surface area contributed by atoms with Crippen molar-refractivity contribution in [3.05, 3.63) is 47.2 Å². The monoisotopic (exact) mass is 688 g/mol. The van der Waals surface area contributed by atoms with Crippen molar-refractivity contribution < 1.29 is 62.7 Å². The highest BCUT2D eigenvalue weighted by atomic mass is 35.5. The van der Waals surface area contributed by atoms with Crippen LogP contribution in [0.3, 0.4) is 0 Å². The highest BCUT2D eigenvalue weighted by Gasteiger charge is 2.65. The van der Waals surface area contributed by atoms with Crippen LogP contribution in [0.4, 0.5) is 25.1 Å². The summed E-state index contributed by atoms with van der Waals surface area (Å²) in [6.07, 6.45) is -5.15. The molecule has 4 rings (SSSR count). The normalized spacial score (nSPS) is 25.5. The van der Waals surface area contributed by atoms with E-state index in [0.29, 0.717) is 6.07 Å². The summed E-state index contributed by atoms with van der Waals surface area (Å²) in [5.74, 6) is -1.49. The predicted octanol–water partition coefficient (Wildman–Crippen LogP) is 4.87. The number of aromatic nitrogens is 3. The number of fused-ring (bicyclic) bond motifs is 1. The van der Waals surface area contributed by atoms with Crippen LogP contribution in [-0.2, 0) is 18.4 Å². The minimum Gasteiger partial charge on any atom is -0.387 e. The van der Waals surface area contributed by atoms with E-state index < -0.39 is 73.4 Å².